The van der Waals surface area contributed by atoms with Gasteiger partial charge in [-0.05, 0) is 44.7 Å². The van der Waals surface area contributed by atoms with Crippen molar-refractivity contribution in [3.05, 3.63) is 71.3 Å². The summed E-state index contributed by atoms with van der Waals surface area (Å²) in [6.45, 7) is 5.65. The molecule has 1 N–H and O–H groups in total. The molecule has 2 aromatic carbocycles. The van der Waals surface area contributed by atoms with Crippen LogP contribution in [0, 0.1) is 6.92 Å². The summed E-state index contributed by atoms with van der Waals surface area (Å²) in [6, 6.07) is 17.6. The van der Waals surface area contributed by atoms with Gasteiger partial charge in [0.1, 0.15) is 0 Å². The van der Waals surface area contributed by atoms with Crippen molar-refractivity contribution < 1.29 is 14.3 Å². The standard InChI is InChI=1S/C23H29NO3/c1-17(2)27-23(26)16-21(20-14-12-18(3)13-15-20)24-22(25)11-7-10-19-8-5-4-6-9-19/h4-6,8-9,12-15,17,21H,7,10-11,16H2,1-3H3,(H,24,25). The van der Waals surface area contributed by atoms with Gasteiger partial charge in [0.15, 0.2) is 0 Å². The molecule has 0 aliphatic carbocycles. The molecule has 0 aromatic heterocycles. The van der Waals surface area contributed by atoms with Crippen LogP contribution in [0.3, 0.4) is 0 Å². The van der Waals surface area contributed by atoms with Crippen LogP contribution in [-0.4, -0.2) is 18.0 Å². The molecule has 0 fully saturated rings. The summed E-state index contributed by atoms with van der Waals surface area (Å²) < 4.78 is 5.26. The number of hydrogen-bond donors (Lipinski definition) is 1. The normalized spacial score (nSPS) is 11.9. The molecular weight excluding hydrogens is 338 g/mol. The van der Waals surface area contributed by atoms with Crippen molar-refractivity contribution in [1.29, 1.82) is 0 Å². The van der Waals surface area contributed by atoms with E-state index < -0.39 is 0 Å². The Morgan fingerprint density at radius 3 is 2.30 bits per heavy atom. The number of rotatable bonds is 9. The Kier molecular flexibility index (Phi) is 8.05. The Morgan fingerprint density at radius 1 is 1.00 bits per heavy atom. The number of amides is 1. The quantitative estimate of drug-likeness (QED) is 0.663. The zero-order valence-electron chi connectivity index (χ0n) is 16.4. The number of nitrogens with one attached hydrogen (secondary N) is 1. The maximum absolute atomic E-state index is 12.4. The SMILES string of the molecule is Cc1ccc(C(CC(=O)OC(C)C)NC(=O)CCCc2ccccc2)cc1. The highest BCUT2D eigenvalue weighted by Crippen LogP contribution is 2.19. The average Bonchev–Trinajstić information content (AvgIpc) is 2.62. The number of carbonyl (C=O) groups excluding carboxylic acids is 2. The fourth-order valence-electron chi connectivity index (χ4n) is 2.89. The lowest BCUT2D eigenvalue weighted by Gasteiger charge is -2.20. The fraction of sp³-hybridized carbons (Fsp3) is 0.391. The van der Waals surface area contributed by atoms with Gasteiger partial charge < -0.3 is 10.1 Å². The predicted octanol–water partition coefficient (Wildman–Crippen LogP) is 4.52. The lowest BCUT2D eigenvalue weighted by atomic mass is 10.0. The summed E-state index contributed by atoms with van der Waals surface area (Å²) in [5.74, 6) is -0.353. The molecular formula is C23H29NO3. The van der Waals surface area contributed by atoms with E-state index in [4.69, 9.17) is 4.74 Å². The molecule has 0 bridgehead atoms. The Labute approximate surface area is 161 Å². The van der Waals surface area contributed by atoms with Gasteiger partial charge in [-0.25, -0.2) is 0 Å². The van der Waals surface area contributed by atoms with Crippen LogP contribution in [0.15, 0.2) is 54.6 Å². The van der Waals surface area contributed by atoms with E-state index in [9.17, 15) is 9.59 Å². The Morgan fingerprint density at radius 2 is 1.67 bits per heavy atom. The molecule has 0 heterocycles. The average molecular weight is 367 g/mol. The molecule has 2 aromatic rings. The third kappa shape index (κ3) is 7.65. The molecule has 1 unspecified atom stereocenters. The van der Waals surface area contributed by atoms with Gasteiger partial charge in [0.25, 0.3) is 0 Å². The maximum Gasteiger partial charge on any atom is 0.308 e. The maximum atomic E-state index is 12.4. The molecule has 27 heavy (non-hydrogen) atoms. The second-order valence-corrected chi connectivity index (χ2v) is 7.11. The summed E-state index contributed by atoms with van der Waals surface area (Å²) >= 11 is 0. The summed E-state index contributed by atoms with van der Waals surface area (Å²) in [7, 11) is 0. The predicted molar refractivity (Wildman–Crippen MR) is 107 cm³/mol. The van der Waals surface area contributed by atoms with Gasteiger partial charge in [-0.2, -0.15) is 0 Å². The van der Waals surface area contributed by atoms with Crippen molar-refractivity contribution in [3.63, 3.8) is 0 Å². The van der Waals surface area contributed by atoms with E-state index in [0.29, 0.717) is 6.42 Å². The third-order valence-corrected chi connectivity index (χ3v) is 4.26. The van der Waals surface area contributed by atoms with E-state index in [0.717, 1.165) is 24.0 Å². The Hall–Kier alpha value is -2.62. The number of benzene rings is 2. The largest absolute Gasteiger partial charge is 0.463 e. The van der Waals surface area contributed by atoms with E-state index in [1.165, 1.54) is 5.56 Å². The van der Waals surface area contributed by atoms with E-state index in [1.54, 1.807) is 0 Å². The van der Waals surface area contributed by atoms with E-state index >= 15 is 0 Å². The van der Waals surface area contributed by atoms with Crippen molar-refractivity contribution in [3.8, 4) is 0 Å². The van der Waals surface area contributed by atoms with Gasteiger partial charge in [-0.3, -0.25) is 9.59 Å². The zero-order valence-corrected chi connectivity index (χ0v) is 16.4. The van der Waals surface area contributed by atoms with Gasteiger partial charge in [0, 0.05) is 6.42 Å². The summed E-state index contributed by atoms with van der Waals surface area (Å²) in [5, 5.41) is 3.00. The lowest BCUT2D eigenvalue weighted by Crippen LogP contribution is -2.31. The van der Waals surface area contributed by atoms with Crippen molar-refractivity contribution >= 4 is 11.9 Å². The highest BCUT2D eigenvalue weighted by Gasteiger charge is 2.20. The van der Waals surface area contributed by atoms with Gasteiger partial charge >= 0.3 is 5.97 Å². The fourth-order valence-corrected chi connectivity index (χ4v) is 2.89. The monoisotopic (exact) mass is 367 g/mol. The molecule has 1 atom stereocenters. The van der Waals surface area contributed by atoms with Crippen LogP contribution < -0.4 is 5.32 Å². The second-order valence-electron chi connectivity index (χ2n) is 7.11. The smallest absolute Gasteiger partial charge is 0.308 e. The van der Waals surface area contributed by atoms with Crippen LogP contribution >= 0.6 is 0 Å². The second kappa shape index (κ2) is 10.5. The number of hydrogen-bond acceptors (Lipinski definition) is 3. The topological polar surface area (TPSA) is 55.4 Å². The number of esters is 1. The van der Waals surface area contributed by atoms with Crippen LogP contribution in [0.1, 0.15) is 55.8 Å². The molecule has 2 rings (SSSR count). The minimum absolute atomic E-state index is 0.0474. The van der Waals surface area contributed by atoms with Crippen molar-refractivity contribution in [2.75, 3.05) is 0 Å². The molecule has 0 spiro atoms. The van der Waals surface area contributed by atoms with Gasteiger partial charge in [-0.15, -0.1) is 0 Å². The van der Waals surface area contributed by atoms with Gasteiger partial charge in [0.05, 0.1) is 18.6 Å². The molecule has 0 radical (unpaired) electrons. The molecule has 0 saturated heterocycles. The van der Waals surface area contributed by atoms with Crippen LogP contribution in [0.5, 0.6) is 0 Å². The number of aryl methyl sites for hydroxylation is 2. The summed E-state index contributed by atoms with van der Waals surface area (Å²) in [5.41, 5.74) is 3.27. The lowest BCUT2D eigenvalue weighted by molar-refractivity contribution is -0.148. The van der Waals surface area contributed by atoms with Gasteiger partial charge in [-0.1, -0.05) is 60.2 Å². The first-order chi connectivity index (χ1) is 12.9. The van der Waals surface area contributed by atoms with Crippen LogP contribution in [0.2, 0.25) is 0 Å². The first-order valence-corrected chi connectivity index (χ1v) is 9.53. The number of carbonyl (C=O) groups is 2. The first-order valence-electron chi connectivity index (χ1n) is 9.53. The van der Waals surface area contributed by atoms with Crippen molar-refractivity contribution in [2.24, 2.45) is 0 Å². The molecule has 0 aliphatic rings. The highest BCUT2D eigenvalue weighted by molar-refractivity contribution is 5.78. The summed E-state index contributed by atoms with van der Waals surface area (Å²) in [6.07, 6.45) is 2.02. The molecule has 144 valence electrons. The Balaban J connectivity index is 1.94. The number of ether oxygens (including phenoxy) is 1. The minimum Gasteiger partial charge on any atom is -0.463 e. The van der Waals surface area contributed by atoms with Crippen molar-refractivity contribution in [1.82, 2.24) is 5.32 Å². The Bertz CT molecular complexity index is 723. The van der Waals surface area contributed by atoms with Crippen LogP contribution in [-0.2, 0) is 20.7 Å². The minimum atomic E-state index is -0.374. The van der Waals surface area contributed by atoms with Crippen LogP contribution in [0.25, 0.3) is 0 Å². The van der Waals surface area contributed by atoms with E-state index in [-0.39, 0.29) is 30.4 Å². The van der Waals surface area contributed by atoms with Crippen molar-refractivity contribution in [2.45, 2.75) is 58.6 Å². The molecule has 1 amide bonds. The third-order valence-electron chi connectivity index (χ3n) is 4.26. The highest BCUT2D eigenvalue weighted by atomic mass is 16.5. The van der Waals surface area contributed by atoms with E-state index in [1.807, 2.05) is 63.2 Å². The van der Waals surface area contributed by atoms with Gasteiger partial charge in [0.2, 0.25) is 5.91 Å². The van der Waals surface area contributed by atoms with Crippen LogP contribution in [0.4, 0.5) is 0 Å². The molecule has 4 nitrogen and oxygen atoms in total. The molecule has 4 heteroatoms. The summed E-state index contributed by atoms with van der Waals surface area (Å²) in [4.78, 5) is 24.5. The molecule has 0 saturated carbocycles. The van der Waals surface area contributed by atoms with E-state index in [2.05, 4.69) is 17.4 Å². The zero-order chi connectivity index (χ0) is 19.6. The molecule has 0 aliphatic heterocycles. The first kappa shape index (κ1) is 20.7.